The first-order chi connectivity index (χ1) is 12.0. The summed E-state index contributed by atoms with van der Waals surface area (Å²) >= 11 is 0. The summed E-state index contributed by atoms with van der Waals surface area (Å²) in [5.41, 5.74) is 0.180. The fraction of sp³-hybridized carbons (Fsp3) is 0.111. The van der Waals surface area contributed by atoms with Gasteiger partial charge in [-0.1, -0.05) is 36.4 Å². The highest BCUT2D eigenvalue weighted by Gasteiger charge is 2.14. The Kier molecular flexibility index (Phi) is 4.30. The molecule has 0 saturated carbocycles. The Hall–Kier alpha value is -3.48. The van der Waals surface area contributed by atoms with Gasteiger partial charge in [-0.2, -0.15) is 0 Å². The Balaban J connectivity index is 1.88. The van der Waals surface area contributed by atoms with Crippen LogP contribution in [0.3, 0.4) is 0 Å². The lowest BCUT2D eigenvalue weighted by atomic mass is 10.1. The van der Waals surface area contributed by atoms with Gasteiger partial charge in [0, 0.05) is 22.7 Å². The van der Waals surface area contributed by atoms with Crippen LogP contribution >= 0.6 is 0 Å². The molecule has 126 valence electrons. The largest absolute Gasteiger partial charge is 0.324 e. The SMILES string of the molecule is Cc1cc([N+](=O)[O-])cn(CC(=O)Nc2cccc3ccccc23)c1=O. The Morgan fingerprint density at radius 1 is 1.20 bits per heavy atom. The number of nitro groups is 1. The Bertz CT molecular complexity index is 1030. The number of aryl methyl sites for hydroxylation is 1. The fourth-order valence-corrected chi connectivity index (χ4v) is 2.66. The summed E-state index contributed by atoms with van der Waals surface area (Å²) in [6.07, 6.45) is 1.08. The average Bonchev–Trinajstić information content (AvgIpc) is 2.59. The number of hydrogen-bond donors (Lipinski definition) is 1. The maximum Gasteiger partial charge on any atom is 0.286 e. The minimum atomic E-state index is -0.592. The van der Waals surface area contributed by atoms with Crippen LogP contribution in [0.2, 0.25) is 0 Å². The van der Waals surface area contributed by atoms with Crippen molar-refractivity contribution < 1.29 is 9.72 Å². The van der Waals surface area contributed by atoms with Gasteiger partial charge in [0.25, 0.3) is 11.2 Å². The number of hydrogen-bond acceptors (Lipinski definition) is 4. The van der Waals surface area contributed by atoms with Crippen molar-refractivity contribution in [3.63, 3.8) is 0 Å². The molecule has 2 aromatic carbocycles. The molecule has 1 aromatic heterocycles. The minimum Gasteiger partial charge on any atom is -0.324 e. The van der Waals surface area contributed by atoms with E-state index in [-0.39, 0.29) is 17.8 Å². The van der Waals surface area contributed by atoms with E-state index in [1.165, 1.54) is 13.0 Å². The van der Waals surface area contributed by atoms with Gasteiger partial charge in [0.05, 0.1) is 11.1 Å². The topological polar surface area (TPSA) is 94.2 Å². The van der Waals surface area contributed by atoms with Crippen molar-refractivity contribution in [1.29, 1.82) is 0 Å². The van der Waals surface area contributed by atoms with Crippen molar-refractivity contribution in [3.05, 3.63) is 80.8 Å². The number of aromatic nitrogens is 1. The predicted octanol–water partition coefficient (Wildman–Crippen LogP) is 2.86. The molecule has 0 bridgehead atoms. The van der Waals surface area contributed by atoms with Crippen molar-refractivity contribution in [2.75, 3.05) is 5.32 Å². The molecule has 3 aromatic rings. The zero-order valence-corrected chi connectivity index (χ0v) is 13.4. The third-order valence-electron chi connectivity index (χ3n) is 3.84. The summed E-state index contributed by atoms with van der Waals surface area (Å²) in [5.74, 6) is -0.432. The summed E-state index contributed by atoms with van der Waals surface area (Å²) in [6.45, 7) is 1.18. The molecule has 1 N–H and O–H groups in total. The van der Waals surface area contributed by atoms with E-state index in [9.17, 15) is 19.7 Å². The van der Waals surface area contributed by atoms with Crippen molar-refractivity contribution in [2.24, 2.45) is 0 Å². The van der Waals surface area contributed by atoms with Gasteiger partial charge in [-0.3, -0.25) is 24.3 Å². The molecular formula is C18H15N3O4. The molecule has 7 heteroatoms. The van der Waals surface area contributed by atoms with Crippen molar-refractivity contribution in [1.82, 2.24) is 4.57 Å². The summed E-state index contributed by atoms with van der Waals surface area (Å²) in [5, 5.41) is 15.5. The molecule has 3 rings (SSSR count). The highest BCUT2D eigenvalue weighted by atomic mass is 16.6. The minimum absolute atomic E-state index is 0.215. The third kappa shape index (κ3) is 3.40. The second-order valence-electron chi connectivity index (χ2n) is 5.65. The second kappa shape index (κ2) is 6.56. The normalized spacial score (nSPS) is 10.6. The first-order valence-corrected chi connectivity index (χ1v) is 7.59. The monoisotopic (exact) mass is 337 g/mol. The number of amides is 1. The van der Waals surface area contributed by atoms with Gasteiger partial charge in [0.15, 0.2) is 0 Å². The highest BCUT2D eigenvalue weighted by molar-refractivity contribution is 6.02. The number of anilines is 1. The zero-order valence-electron chi connectivity index (χ0n) is 13.4. The number of carbonyl (C=O) groups is 1. The van der Waals surface area contributed by atoms with Gasteiger partial charge in [0.1, 0.15) is 6.54 Å². The van der Waals surface area contributed by atoms with Crippen LogP contribution in [0.1, 0.15) is 5.56 Å². The van der Waals surface area contributed by atoms with Gasteiger partial charge in [0.2, 0.25) is 5.91 Å². The van der Waals surface area contributed by atoms with Crippen molar-refractivity contribution in [2.45, 2.75) is 13.5 Å². The molecule has 0 aliphatic rings. The number of benzene rings is 2. The van der Waals surface area contributed by atoms with Crippen LogP contribution in [0.15, 0.2) is 59.5 Å². The average molecular weight is 337 g/mol. The number of nitrogens with zero attached hydrogens (tertiary/aromatic N) is 2. The van der Waals surface area contributed by atoms with Gasteiger partial charge >= 0.3 is 0 Å². The van der Waals surface area contributed by atoms with E-state index in [1.54, 1.807) is 6.07 Å². The molecule has 7 nitrogen and oxygen atoms in total. The molecule has 25 heavy (non-hydrogen) atoms. The summed E-state index contributed by atoms with van der Waals surface area (Å²) in [6, 6.07) is 14.3. The van der Waals surface area contributed by atoms with Crippen LogP contribution < -0.4 is 10.9 Å². The van der Waals surface area contributed by atoms with E-state index < -0.39 is 16.4 Å². The smallest absolute Gasteiger partial charge is 0.286 e. The zero-order chi connectivity index (χ0) is 18.0. The molecule has 1 heterocycles. The molecular weight excluding hydrogens is 322 g/mol. The van der Waals surface area contributed by atoms with E-state index in [0.717, 1.165) is 21.5 Å². The van der Waals surface area contributed by atoms with Gasteiger partial charge in [-0.05, 0) is 18.4 Å². The van der Waals surface area contributed by atoms with E-state index in [1.807, 2.05) is 36.4 Å². The third-order valence-corrected chi connectivity index (χ3v) is 3.84. The quantitative estimate of drug-likeness (QED) is 0.585. The van der Waals surface area contributed by atoms with Crippen LogP contribution in [-0.2, 0) is 11.3 Å². The summed E-state index contributed by atoms with van der Waals surface area (Å²) < 4.78 is 1.05. The van der Waals surface area contributed by atoms with E-state index in [4.69, 9.17) is 0 Å². The molecule has 0 atom stereocenters. The Morgan fingerprint density at radius 2 is 1.92 bits per heavy atom. The highest BCUT2D eigenvalue weighted by Crippen LogP contribution is 2.22. The van der Waals surface area contributed by atoms with Crippen LogP contribution in [0, 0.1) is 17.0 Å². The standard InChI is InChI=1S/C18H15N3O4/c1-12-9-14(21(24)25)10-20(18(12)23)11-17(22)19-16-8-4-6-13-5-2-3-7-15(13)16/h2-10H,11H2,1H3,(H,19,22). The summed E-state index contributed by atoms with van der Waals surface area (Å²) in [7, 11) is 0. The number of nitrogens with one attached hydrogen (secondary N) is 1. The van der Waals surface area contributed by atoms with E-state index in [2.05, 4.69) is 5.32 Å². The maximum atomic E-state index is 12.3. The molecule has 0 saturated heterocycles. The lowest BCUT2D eigenvalue weighted by Crippen LogP contribution is -2.28. The maximum absolute atomic E-state index is 12.3. The Labute approximate surface area is 142 Å². The number of fused-ring (bicyclic) bond motifs is 1. The molecule has 0 radical (unpaired) electrons. The van der Waals surface area contributed by atoms with E-state index >= 15 is 0 Å². The lowest BCUT2D eigenvalue weighted by Gasteiger charge is -2.10. The van der Waals surface area contributed by atoms with Crippen LogP contribution in [-0.4, -0.2) is 15.4 Å². The van der Waals surface area contributed by atoms with Crippen LogP contribution in [0.25, 0.3) is 10.8 Å². The van der Waals surface area contributed by atoms with Gasteiger partial charge in [-0.15, -0.1) is 0 Å². The van der Waals surface area contributed by atoms with Gasteiger partial charge in [-0.25, -0.2) is 0 Å². The molecule has 1 amide bonds. The van der Waals surface area contributed by atoms with Crippen molar-refractivity contribution >= 4 is 28.1 Å². The molecule has 0 spiro atoms. The number of carbonyl (C=O) groups excluding carboxylic acids is 1. The lowest BCUT2D eigenvalue weighted by molar-refractivity contribution is -0.385. The predicted molar refractivity (Wildman–Crippen MR) is 94.7 cm³/mol. The first kappa shape index (κ1) is 16.4. The molecule has 0 unspecified atom stereocenters. The molecule has 0 aliphatic carbocycles. The first-order valence-electron chi connectivity index (χ1n) is 7.59. The van der Waals surface area contributed by atoms with Crippen LogP contribution in [0.5, 0.6) is 0 Å². The Morgan fingerprint density at radius 3 is 2.68 bits per heavy atom. The second-order valence-corrected chi connectivity index (χ2v) is 5.65. The van der Waals surface area contributed by atoms with Gasteiger partial charge < -0.3 is 5.32 Å². The summed E-state index contributed by atoms with van der Waals surface area (Å²) in [4.78, 5) is 34.8. The van der Waals surface area contributed by atoms with Crippen molar-refractivity contribution in [3.8, 4) is 0 Å². The molecule has 0 fully saturated rings. The van der Waals surface area contributed by atoms with Crippen LogP contribution in [0.4, 0.5) is 11.4 Å². The fourth-order valence-electron chi connectivity index (χ4n) is 2.66. The molecule has 0 aliphatic heterocycles. The number of pyridine rings is 1. The number of rotatable bonds is 4. The van der Waals surface area contributed by atoms with E-state index in [0.29, 0.717) is 5.69 Å².